The predicted octanol–water partition coefficient (Wildman–Crippen LogP) is 3.78. The van der Waals surface area contributed by atoms with Crippen molar-refractivity contribution in [3.63, 3.8) is 0 Å². The molecular weight excluding hydrogens is 208 g/mol. The first kappa shape index (κ1) is 12.7. The second-order valence-electron chi connectivity index (χ2n) is 3.07. The molecule has 0 unspecified atom stereocenters. The maximum absolute atomic E-state index is 4.02. The number of hydrogen-bond donors (Lipinski definition) is 1. The normalized spacial score (nSPS) is 8.00. The molecule has 1 N–H and O–H groups in total. The fourth-order valence-electron chi connectivity index (χ4n) is 0.981. The van der Waals surface area contributed by atoms with Gasteiger partial charge in [0, 0.05) is 12.4 Å². The molecule has 0 bridgehead atoms. The van der Waals surface area contributed by atoms with E-state index in [2.05, 4.69) is 9.97 Å². The molecule has 0 aliphatic carbocycles. The molecule has 0 saturated heterocycles. The molecule has 86 valence electrons. The zero-order chi connectivity index (χ0) is 12.0. The minimum Gasteiger partial charge on any atom is -0.353 e. The van der Waals surface area contributed by atoms with E-state index in [1.54, 1.807) is 12.5 Å². The summed E-state index contributed by atoms with van der Waals surface area (Å²) in [6.45, 7) is 0. The summed E-state index contributed by atoms with van der Waals surface area (Å²) in [6, 6.07) is 23.4. The highest BCUT2D eigenvalue weighted by atomic mass is 14.8. The summed E-state index contributed by atoms with van der Waals surface area (Å²) in [5.74, 6) is 0. The molecule has 0 aliphatic rings. The molecule has 0 aliphatic heterocycles. The summed E-state index contributed by atoms with van der Waals surface area (Å²) in [5.41, 5.74) is 0. The summed E-state index contributed by atoms with van der Waals surface area (Å²) >= 11 is 0. The van der Waals surface area contributed by atoms with Crippen LogP contribution in [0.2, 0.25) is 0 Å². The highest BCUT2D eigenvalue weighted by molar-refractivity contribution is 4.96. The molecule has 0 aromatic carbocycles. The monoisotopic (exact) mass is 224 g/mol. The first-order valence-electron chi connectivity index (χ1n) is 5.43. The van der Waals surface area contributed by atoms with Crippen LogP contribution >= 0.6 is 0 Å². The molecular formula is C15H16N2. The van der Waals surface area contributed by atoms with Crippen molar-refractivity contribution in [2.75, 3.05) is 0 Å². The van der Waals surface area contributed by atoms with Crippen LogP contribution in [-0.2, 0) is 0 Å². The Labute approximate surface area is 102 Å². The van der Waals surface area contributed by atoms with Crippen molar-refractivity contribution in [3.05, 3.63) is 91.5 Å². The number of hydrogen-bond acceptors (Lipinski definition) is 1. The van der Waals surface area contributed by atoms with Crippen LogP contribution in [0.1, 0.15) is 0 Å². The zero-order valence-corrected chi connectivity index (χ0v) is 9.61. The summed E-state index contributed by atoms with van der Waals surface area (Å²) in [4.78, 5) is 6.95. The van der Waals surface area contributed by atoms with E-state index in [1.165, 1.54) is 0 Å². The molecule has 1 aromatic heterocycles. The number of nitrogens with one attached hydrogen (secondary N) is 1. The van der Waals surface area contributed by atoms with E-state index >= 15 is 0 Å². The lowest BCUT2D eigenvalue weighted by molar-refractivity contribution is 1.20. The zero-order valence-electron chi connectivity index (χ0n) is 9.61. The van der Waals surface area contributed by atoms with Crippen LogP contribution < -0.4 is 0 Å². The second kappa shape index (κ2) is 10.2. The van der Waals surface area contributed by atoms with Crippen LogP contribution in [0.4, 0.5) is 0 Å². The molecule has 0 atom stereocenters. The van der Waals surface area contributed by atoms with Crippen molar-refractivity contribution in [1.29, 1.82) is 0 Å². The number of aromatic nitrogens is 2. The number of aromatic amines is 1. The number of nitrogens with zero attached hydrogens (tertiary/aromatic N) is 1. The topological polar surface area (TPSA) is 28.7 Å². The fourth-order valence-corrected chi connectivity index (χ4v) is 0.981. The van der Waals surface area contributed by atoms with E-state index < -0.39 is 0 Å². The number of rotatable bonds is 0. The summed E-state index contributed by atoms with van der Waals surface area (Å²) in [7, 11) is 0. The first-order valence-corrected chi connectivity index (χ1v) is 5.43. The van der Waals surface area contributed by atoms with Crippen LogP contribution in [0.3, 0.4) is 0 Å². The van der Waals surface area contributed by atoms with Gasteiger partial charge in [-0.1, -0.05) is 60.7 Å². The molecule has 2 heteroatoms. The lowest BCUT2D eigenvalue weighted by Gasteiger charge is -1.70. The van der Waals surface area contributed by atoms with E-state index in [0.29, 0.717) is 0 Å². The molecule has 0 radical (unpaired) electrons. The average Bonchev–Trinajstić information content (AvgIpc) is 2.35. The Balaban J connectivity index is 3.01. The minimum atomic E-state index is 1.62. The first-order chi connectivity index (χ1) is 8.50. The van der Waals surface area contributed by atoms with Crippen LogP contribution in [0.15, 0.2) is 91.5 Å². The van der Waals surface area contributed by atoms with Crippen molar-refractivity contribution < 1.29 is 0 Å². The Morgan fingerprint density at radius 2 is 1.00 bits per heavy atom. The van der Waals surface area contributed by atoms with Gasteiger partial charge in [0.1, 0.15) is 0 Å². The van der Waals surface area contributed by atoms with Crippen LogP contribution in [0.5, 0.6) is 0 Å². The molecule has 2 nitrogen and oxygen atoms in total. The minimum absolute atomic E-state index is 1.62. The second-order valence-corrected chi connectivity index (χ2v) is 3.07. The smallest absolute Gasteiger partial charge is 0.0918 e. The van der Waals surface area contributed by atoms with Gasteiger partial charge in [-0.2, -0.15) is 0 Å². The highest BCUT2D eigenvalue weighted by Crippen LogP contribution is 1.78. The average molecular weight is 224 g/mol. The summed E-state index contributed by atoms with van der Waals surface area (Å²) < 4.78 is 0. The molecule has 0 fully saturated rings. The Morgan fingerprint density at radius 1 is 0.529 bits per heavy atom. The van der Waals surface area contributed by atoms with Crippen LogP contribution in [0.25, 0.3) is 0 Å². The third-order valence-electron chi connectivity index (χ3n) is 1.74. The molecule has 0 saturated carbocycles. The summed E-state index contributed by atoms with van der Waals surface area (Å²) in [6.07, 6.45) is 5.16. The third kappa shape index (κ3) is 8.63. The van der Waals surface area contributed by atoms with Crippen LogP contribution in [-0.4, -0.2) is 9.97 Å². The van der Waals surface area contributed by atoms with Crippen molar-refractivity contribution in [2.24, 2.45) is 0 Å². The Hall–Kier alpha value is -2.35. The Bertz CT molecular complexity index is 280. The van der Waals surface area contributed by atoms with Crippen molar-refractivity contribution in [1.82, 2.24) is 9.97 Å². The molecule has 0 amide bonds. The Kier molecular flexibility index (Phi) is 7.61. The van der Waals surface area contributed by atoms with E-state index in [-0.39, 0.29) is 0 Å². The van der Waals surface area contributed by atoms with Gasteiger partial charge in [-0.3, -0.25) is 0 Å². The molecule has 0 spiro atoms. The van der Waals surface area contributed by atoms with Crippen molar-refractivity contribution in [3.8, 4) is 0 Å². The van der Waals surface area contributed by atoms with E-state index in [4.69, 9.17) is 0 Å². The van der Waals surface area contributed by atoms with E-state index in [1.807, 2.05) is 79.0 Å². The van der Waals surface area contributed by atoms with Gasteiger partial charge in [0.25, 0.3) is 0 Å². The molecule has 17 heavy (non-hydrogen) atoms. The Morgan fingerprint density at radius 3 is 1.59 bits per heavy atom. The maximum Gasteiger partial charge on any atom is 0.0918 e. The number of H-pyrrole nitrogens is 1. The third-order valence-corrected chi connectivity index (χ3v) is 1.74. The van der Waals surface area contributed by atoms with E-state index in [9.17, 15) is 0 Å². The predicted molar refractivity (Wildman–Crippen MR) is 71.5 cm³/mol. The van der Waals surface area contributed by atoms with Gasteiger partial charge in [0.15, 0.2) is 0 Å². The maximum atomic E-state index is 4.02. The van der Waals surface area contributed by atoms with Gasteiger partial charge in [0.05, 0.1) is 6.33 Å². The fraction of sp³-hybridized carbons (Fsp3) is 0. The quantitative estimate of drug-likeness (QED) is 0.713. The summed E-state index contributed by atoms with van der Waals surface area (Å²) in [5, 5.41) is 0. The largest absolute Gasteiger partial charge is 0.353 e. The van der Waals surface area contributed by atoms with Gasteiger partial charge in [-0.15, -0.1) is 0 Å². The molecule has 1 rings (SSSR count). The van der Waals surface area contributed by atoms with Crippen LogP contribution in [0, 0.1) is 0 Å². The SMILES string of the molecule is c1ccccccc[nH]cncccccc1. The van der Waals surface area contributed by atoms with Crippen molar-refractivity contribution >= 4 is 0 Å². The van der Waals surface area contributed by atoms with Gasteiger partial charge in [-0.05, 0) is 12.1 Å². The molecule has 1 aromatic rings. The highest BCUT2D eigenvalue weighted by Gasteiger charge is 1.58. The van der Waals surface area contributed by atoms with Gasteiger partial charge in [0.2, 0.25) is 0 Å². The van der Waals surface area contributed by atoms with Crippen molar-refractivity contribution in [2.45, 2.75) is 0 Å². The lowest BCUT2D eigenvalue weighted by Crippen LogP contribution is -1.61. The van der Waals surface area contributed by atoms with Gasteiger partial charge in [-0.25, -0.2) is 4.98 Å². The standard InChI is InChI=1S/C15H16N2/c1-2-4-6-8-10-12-14-17-15-16-13-11-9-7-5-3-1/h1-15H,(H,16,17). The van der Waals surface area contributed by atoms with Gasteiger partial charge >= 0.3 is 0 Å². The van der Waals surface area contributed by atoms with Gasteiger partial charge < -0.3 is 4.98 Å². The lowest BCUT2D eigenvalue weighted by atomic mass is 10.4. The van der Waals surface area contributed by atoms with E-state index in [0.717, 1.165) is 0 Å². The molecule has 1 heterocycles.